The summed E-state index contributed by atoms with van der Waals surface area (Å²) in [5.74, 6) is 0.379. The van der Waals surface area contributed by atoms with Gasteiger partial charge >= 0.3 is 6.18 Å². The summed E-state index contributed by atoms with van der Waals surface area (Å²) in [7, 11) is 0. The second kappa shape index (κ2) is 5.58. The Hall–Kier alpha value is -1.96. The lowest BCUT2D eigenvalue weighted by Crippen LogP contribution is -2.11. The normalized spacial score (nSPS) is 13.4. The van der Waals surface area contributed by atoms with E-state index in [9.17, 15) is 13.2 Å². The van der Waals surface area contributed by atoms with Crippen LogP contribution in [0.5, 0.6) is 0 Å². The van der Waals surface area contributed by atoms with Crippen LogP contribution in [-0.2, 0) is 6.18 Å². The van der Waals surface area contributed by atoms with E-state index in [1.165, 1.54) is 6.07 Å². The van der Waals surface area contributed by atoms with E-state index in [2.05, 4.69) is 15.1 Å². The molecule has 0 aliphatic heterocycles. The minimum atomic E-state index is -4.42. The molecule has 2 aromatic heterocycles. The molecule has 2 heterocycles. The zero-order chi connectivity index (χ0) is 14.8. The molecule has 0 bridgehead atoms. The van der Waals surface area contributed by atoms with Crippen molar-refractivity contribution in [3.63, 3.8) is 0 Å². The minimum Gasteiger partial charge on any atom is -0.332 e. The molecule has 0 saturated heterocycles. The lowest BCUT2D eigenvalue weighted by atomic mass is 10.2. The van der Waals surface area contributed by atoms with Crippen LogP contribution in [0.2, 0.25) is 0 Å². The van der Waals surface area contributed by atoms with E-state index in [1.807, 2.05) is 6.92 Å². The molecule has 0 amide bonds. The molecule has 5 nitrogen and oxygen atoms in total. The van der Waals surface area contributed by atoms with Gasteiger partial charge in [-0.1, -0.05) is 18.5 Å². The minimum absolute atomic E-state index is 0.0558. The lowest BCUT2D eigenvalue weighted by molar-refractivity contribution is -0.137. The monoisotopic (exact) mass is 286 g/mol. The smallest absolute Gasteiger partial charge is 0.332 e. The third-order valence-electron chi connectivity index (χ3n) is 2.68. The maximum absolute atomic E-state index is 12.4. The van der Waals surface area contributed by atoms with Crippen molar-refractivity contribution >= 4 is 0 Å². The largest absolute Gasteiger partial charge is 0.417 e. The second-order valence-electron chi connectivity index (χ2n) is 4.28. The van der Waals surface area contributed by atoms with E-state index < -0.39 is 11.7 Å². The Bertz CT molecular complexity index is 565. The number of alkyl halides is 3. The highest BCUT2D eigenvalue weighted by Gasteiger charge is 2.31. The third kappa shape index (κ3) is 3.13. The number of nitrogens with zero attached hydrogens (tertiary/aromatic N) is 3. The summed E-state index contributed by atoms with van der Waals surface area (Å²) >= 11 is 0. The van der Waals surface area contributed by atoms with Crippen LogP contribution < -0.4 is 5.73 Å². The summed E-state index contributed by atoms with van der Waals surface area (Å²) in [5, 5.41) is 3.71. The van der Waals surface area contributed by atoms with Gasteiger partial charge in [0.25, 0.3) is 5.89 Å². The molecule has 0 aliphatic carbocycles. The van der Waals surface area contributed by atoms with Gasteiger partial charge in [-0.05, 0) is 18.6 Å². The van der Waals surface area contributed by atoms with Crippen molar-refractivity contribution in [2.45, 2.75) is 32.0 Å². The number of aromatic nitrogens is 3. The predicted octanol–water partition coefficient (Wildman–Crippen LogP) is 2.95. The average molecular weight is 286 g/mol. The lowest BCUT2D eigenvalue weighted by Gasteiger charge is -2.05. The van der Waals surface area contributed by atoms with Crippen LogP contribution in [0.1, 0.15) is 37.2 Å². The second-order valence-corrected chi connectivity index (χ2v) is 4.28. The number of pyridine rings is 1. The summed E-state index contributed by atoms with van der Waals surface area (Å²) in [4.78, 5) is 7.72. The van der Waals surface area contributed by atoms with Gasteiger partial charge in [-0.2, -0.15) is 18.2 Å². The van der Waals surface area contributed by atoms with Crippen LogP contribution in [0.25, 0.3) is 11.6 Å². The van der Waals surface area contributed by atoms with E-state index in [0.717, 1.165) is 18.7 Å². The molecule has 108 valence electrons. The topological polar surface area (TPSA) is 77.8 Å². The number of nitrogens with two attached hydrogens (primary N) is 1. The zero-order valence-electron chi connectivity index (χ0n) is 10.7. The van der Waals surface area contributed by atoms with Crippen molar-refractivity contribution in [1.29, 1.82) is 0 Å². The summed E-state index contributed by atoms with van der Waals surface area (Å²) in [6, 6.07) is 1.75. The number of rotatable bonds is 4. The molecule has 0 aliphatic rings. The standard InChI is InChI=1S/C12H13F3N4O/c1-2-3-8(16)10-18-11(20-19-10)9-5-4-7(6-17-9)12(13,14)15/h4-6,8H,2-3,16H2,1H3. The van der Waals surface area contributed by atoms with E-state index >= 15 is 0 Å². The highest BCUT2D eigenvalue weighted by molar-refractivity contribution is 5.46. The van der Waals surface area contributed by atoms with Crippen molar-refractivity contribution in [3.05, 3.63) is 29.7 Å². The summed E-state index contributed by atoms with van der Waals surface area (Å²) < 4.78 is 42.2. The molecule has 1 unspecified atom stereocenters. The Morgan fingerprint density at radius 2 is 2.10 bits per heavy atom. The van der Waals surface area contributed by atoms with Gasteiger partial charge in [0, 0.05) is 6.20 Å². The molecule has 0 radical (unpaired) electrons. The van der Waals surface area contributed by atoms with Gasteiger partial charge in [0.05, 0.1) is 11.6 Å². The molecule has 2 N–H and O–H groups in total. The van der Waals surface area contributed by atoms with E-state index in [-0.39, 0.29) is 17.6 Å². The molecule has 0 fully saturated rings. The fourth-order valence-corrected chi connectivity index (χ4v) is 1.62. The van der Waals surface area contributed by atoms with E-state index in [1.54, 1.807) is 0 Å². The van der Waals surface area contributed by atoms with Crippen LogP contribution >= 0.6 is 0 Å². The van der Waals surface area contributed by atoms with Gasteiger partial charge in [-0.25, -0.2) is 0 Å². The van der Waals surface area contributed by atoms with Gasteiger partial charge in [-0.3, -0.25) is 4.98 Å². The fraction of sp³-hybridized carbons (Fsp3) is 0.417. The maximum Gasteiger partial charge on any atom is 0.417 e. The molecule has 8 heteroatoms. The average Bonchev–Trinajstić information content (AvgIpc) is 2.88. The number of hydrogen-bond donors (Lipinski definition) is 1. The quantitative estimate of drug-likeness (QED) is 0.934. The molecule has 0 saturated carbocycles. The maximum atomic E-state index is 12.4. The molecule has 1 atom stereocenters. The Balaban J connectivity index is 2.20. The highest BCUT2D eigenvalue weighted by atomic mass is 19.4. The first-order valence-corrected chi connectivity index (χ1v) is 6.04. The highest BCUT2D eigenvalue weighted by Crippen LogP contribution is 2.29. The third-order valence-corrected chi connectivity index (χ3v) is 2.68. The molecular formula is C12H13F3N4O. The van der Waals surface area contributed by atoms with Crippen LogP contribution in [0.4, 0.5) is 13.2 Å². The van der Waals surface area contributed by atoms with Crippen molar-refractivity contribution in [2.75, 3.05) is 0 Å². The first kappa shape index (κ1) is 14.4. The predicted molar refractivity (Wildman–Crippen MR) is 64.4 cm³/mol. The number of hydrogen-bond acceptors (Lipinski definition) is 5. The Labute approximate surface area is 113 Å². The summed E-state index contributed by atoms with van der Waals surface area (Å²) in [6.07, 6.45) is -2.14. The summed E-state index contributed by atoms with van der Waals surface area (Å²) in [5.41, 5.74) is 5.17. The van der Waals surface area contributed by atoms with Crippen molar-refractivity contribution in [3.8, 4) is 11.6 Å². The van der Waals surface area contributed by atoms with Crippen LogP contribution in [0.3, 0.4) is 0 Å². The molecule has 0 aromatic carbocycles. The van der Waals surface area contributed by atoms with E-state index in [4.69, 9.17) is 10.3 Å². The SMILES string of the molecule is CCCC(N)c1noc(-c2ccc(C(F)(F)F)cn2)n1. The van der Waals surface area contributed by atoms with Gasteiger partial charge in [-0.15, -0.1) is 0 Å². The molecule has 2 aromatic rings. The molecule has 2 rings (SSSR count). The molecule has 20 heavy (non-hydrogen) atoms. The summed E-state index contributed by atoms with van der Waals surface area (Å²) in [6.45, 7) is 1.97. The van der Waals surface area contributed by atoms with Crippen LogP contribution in [0.15, 0.2) is 22.9 Å². The molecule has 0 spiro atoms. The van der Waals surface area contributed by atoms with Gasteiger partial charge in [0.1, 0.15) is 5.69 Å². The van der Waals surface area contributed by atoms with Crippen molar-refractivity contribution in [1.82, 2.24) is 15.1 Å². The Kier molecular flexibility index (Phi) is 4.03. The number of halogens is 3. The van der Waals surface area contributed by atoms with Crippen molar-refractivity contribution < 1.29 is 17.7 Å². The van der Waals surface area contributed by atoms with Gasteiger partial charge in [0.2, 0.25) is 0 Å². The van der Waals surface area contributed by atoms with E-state index in [0.29, 0.717) is 12.2 Å². The van der Waals surface area contributed by atoms with Gasteiger partial charge < -0.3 is 10.3 Å². The first-order chi connectivity index (χ1) is 9.41. The fourth-order valence-electron chi connectivity index (χ4n) is 1.62. The molecular weight excluding hydrogens is 273 g/mol. The van der Waals surface area contributed by atoms with Crippen molar-refractivity contribution in [2.24, 2.45) is 5.73 Å². The zero-order valence-corrected chi connectivity index (χ0v) is 10.7. The Morgan fingerprint density at radius 1 is 1.35 bits per heavy atom. The van der Waals surface area contributed by atoms with Crippen LogP contribution in [-0.4, -0.2) is 15.1 Å². The van der Waals surface area contributed by atoms with Gasteiger partial charge in [0.15, 0.2) is 5.82 Å². The Morgan fingerprint density at radius 3 is 2.65 bits per heavy atom. The van der Waals surface area contributed by atoms with Crippen LogP contribution in [0, 0.1) is 0 Å². The first-order valence-electron chi connectivity index (χ1n) is 6.04.